The summed E-state index contributed by atoms with van der Waals surface area (Å²) >= 11 is 2.00. The van der Waals surface area contributed by atoms with E-state index >= 15 is 0 Å². The van der Waals surface area contributed by atoms with Crippen LogP contribution in [0.1, 0.15) is 13.3 Å². The minimum absolute atomic E-state index is 0.207. The molecule has 1 atom stereocenters. The number of nitrogens with zero attached hydrogens (tertiary/aromatic N) is 4. The standard InChI is InChI=1S/C10H17N5OS/c1-3-7-6-15(4-5-17-7)9-12-8(11)13-10(14-9)16-2/h7H,3-6H2,1-2H3,(H2,11,12,13,14). The topological polar surface area (TPSA) is 77.2 Å². The number of methoxy groups -OCH3 is 1. The van der Waals surface area contributed by atoms with Crippen molar-refractivity contribution in [2.75, 3.05) is 36.6 Å². The second-order valence-electron chi connectivity index (χ2n) is 3.83. The van der Waals surface area contributed by atoms with Crippen LogP contribution in [0.25, 0.3) is 0 Å². The number of hydrogen-bond acceptors (Lipinski definition) is 7. The predicted molar refractivity (Wildman–Crippen MR) is 69.5 cm³/mol. The van der Waals surface area contributed by atoms with Crippen LogP contribution < -0.4 is 15.4 Å². The van der Waals surface area contributed by atoms with E-state index in [1.165, 1.54) is 7.11 Å². The molecule has 1 fully saturated rings. The molecule has 0 saturated carbocycles. The van der Waals surface area contributed by atoms with Crippen LogP contribution in [0, 0.1) is 0 Å². The van der Waals surface area contributed by atoms with Crippen molar-refractivity contribution in [3.05, 3.63) is 0 Å². The number of aromatic nitrogens is 3. The molecular weight excluding hydrogens is 238 g/mol. The molecule has 2 rings (SSSR count). The molecular formula is C10H17N5OS. The van der Waals surface area contributed by atoms with Gasteiger partial charge in [0.2, 0.25) is 11.9 Å². The Labute approximate surface area is 105 Å². The third-order valence-electron chi connectivity index (χ3n) is 2.68. The van der Waals surface area contributed by atoms with Crippen LogP contribution in [0.5, 0.6) is 6.01 Å². The maximum absolute atomic E-state index is 5.63. The summed E-state index contributed by atoms with van der Waals surface area (Å²) in [6, 6.07) is 0.277. The highest BCUT2D eigenvalue weighted by Crippen LogP contribution is 2.24. The second-order valence-corrected chi connectivity index (χ2v) is 5.24. The van der Waals surface area contributed by atoms with Crippen molar-refractivity contribution in [1.29, 1.82) is 0 Å². The Hall–Kier alpha value is -1.24. The van der Waals surface area contributed by atoms with E-state index in [1.807, 2.05) is 11.8 Å². The van der Waals surface area contributed by atoms with E-state index in [4.69, 9.17) is 10.5 Å². The fourth-order valence-electron chi connectivity index (χ4n) is 1.74. The number of rotatable bonds is 3. The van der Waals surface area contributed by atoms with Gasteiger partial charge < -0.3 is 15.4 Å². The van der Waals surface area contributed by atoms with Crippen LogP contribution >= 0.6 is 11.8 Å². The van der Waals surface area contributed by atoms with Gasteiger partial charge in [0.1, 0.15) is 0 Å². The lowest BCUT2D eigenvalue weighted by atomic mass is 10.3. The molecule has 1 aliphatic heterocycles. The van der Waals surface area contributed by atoms with Gasteiger partial charge in [-0.15, -0.1) is 0 Å². The molecule has 1 unspecified atom stereocenters. The molecule has 0 spiro atoms. The quantitative estimate of drug-likeness (QED) is 0.855. The van der Waals surface area contributed by atoms with Gasteiger partial charge in [-0.25, -0.2) is 0 Å². The van der Waals surface area contributed by atoms with Gasteiger partial charge in [-0.05, 0) is 6.42 Å². The zero-order valence-corrected chi connectivity index (χ0v) is 10.9. The summed E-state index contributed by atoms with van der Waals surface area (Å²) in [5.74, 6) is 1.91. The average Bonchev–Trinajstić information content (AvgIpc) is 2.38. The Kier molecular flexibility index (Phi) is 3.88. The van der Waals surface area contributed by atoms with E-state index in [0.717, 1.165) is 25.3 Å². The van der Waals surface area contributed by atoms with E-state index < -0.39 is 0 Å². The van der Waals surface area contributed by atoms with E-state index in [2.05, 4.69) is 26.8 Å². The Morgan fingerprint density at radius 3 is 3.00 bits per heavy atom. The molecule has 6 nitrogen and oxygen atoms in total. The fourth-order valence-corrected chi connectivity index (χ4v) is 2.92. The lowest BCUT2D eigenvalue weighted by molar-refractivity contribution is 0.379. The van der Waals surface area contributed by atoms with Gasteiger partial charge in [0, 0.05) is 24.1 Å². The van der Waals surface area contributed by atoms with Crippen LogP contribution in [-0.2, 0) is 0 Å². The van der Waals surface area contributed by atoms with E-state index in [-0.39, 0.29) is 12.0 Å². The van der Waals surface area contributed by atoms with Gasteiger partial charge in [-0.2, -0.15) is 26.7 Å². The zero-order valence-electron chi connectivity index (χ0n) is 10.1. The lowest BCUT2D eigenvalue weighted by Crippen LogP contribution is -2.38. The van der Waals surface area contributed by atoms with Crippen LogP contribution in [-0.4, -0.2) is 46.2 Å². The van der Waals surface area contributed by atoms with Crippen molar-refractivity contribution in [2.45, 2.75) is 18.6 Å². The van der Waals surface area contributed by atoms with Crippen molar-refractivity contribution in [2.24, 2.45) is 0 Å². The first-order valence-corrected chi connectivity index (χ1v) is 6.70. The molecule has 2 heterocycles. The number of nitrogen functional groups attached to an aromatic ring is 1. The molecule has 1 aromatic rings. The minimum atomic E-state index is 0.207. The van der Waals surface area contributed by atoms with Gasteiger partial charge in [0.15, 0.2) is 0 Å². The van der Waals surface area contributed by atoms with E-state index in [1.54, 1.807) is 0 Å². The SMILES string of the molecule is CCC1CN(c2nc(N)nc(OC)n2)CCS1. The summed E-state index contributed by atoms with van der Waals surface area (Å²) in [6.07, 6.45) is 1.15. The zero-order chi connectivity index (χ0) is 12.3. The third-order valence-corrected chi connectivity index (χ3v) is 4.05. The minimum Gasteiger partial charge on any atom is -0.467 e. The van der Waals surface area contributed by atoms with Gasteiger partial charge in [-0.3, -0.25) is 0 Å². The van der Waals surface area contributed by atoms with Crippen LogP contribution in [0.4, 0.5) is 11.9 Å². The van der Waals surface area contributed by atoms with Crippen molar-refractivity contribution >= 4 is 23.7 Å². The molecule has 2 N–H and O–H groups in total. The molecule has 0 aliphatic carbocycles. The third kappa shape index (κ3) is 2.91. The van der Waals surface area contributed by atoms with E-state index in [0.29, 0.717) is 11.2 Å². The largest absolute Gasteiger partial charge is 0.467 e. The summed E-state index contributed by atoms with van der Waals surface area (Å²) in [7, 11) is 1.53. The summed E-state index contributed by atoms with van der Waals surface area (Å²) in [4.78, 5) is 14.4. The normalized spacial score (nSPS) is 20.4. The molecule has 17 heavy (non-hydrogen) atoms. The monoisotopic (exact) mass is 255 g/mol. The van der Waals surface area contributed by atoms with Gasteiger partial charge in [0.25, 0.3) is 0 Å². The molecule has 0 bridgehead atoms. The van der Waals surface area contributed by atoms with Crippen molar-refractivity contribution in [1.82, 2.24) is 15.0 Å². The molecule has 1 aromatic heterocycles. The molecule has 0 amide bonds. The first kappa shape index (κ1) is 12.2. The summed E-state index contributed by atoms with van der Waals surface area (Å²) in [5, 5.41) is 0.632. The summed E-state index contributed by atoms with van der Waals surface area (Å²) < 4.78 is 5.01. The predicted octanol–water partition coefficient (Wildman–Crippen LogP) is 0.794. The highest BCUT2D eigenvalue weighted by atomic mass is 32.2. The van der Waals surface area contributed by atoms with E-state index in [9.17, 15) is 0 Å². The average molecular weight is 255 g/mol. The number of anilines is 2. The number of thioether (sulfide) groups is 1. The van der Waals surface area contributed by atoms with Crippen molar-refractivity contribution < 1.29 is 4.74 Å². The van der Waals surface area contributed by atoms with Gasteiger partial charge in [-0.1, -0.05) is 6.92 Å². The fraction of sp³-hybridized carbons (Fsp3) is 0.700. The van der Waals surface area contributed by atoms with Gasteiger partial charge in [0.05, 0.1) is 7.11 Å². The highest BCUT2D eigenvalue weighted by molar-refractivity contribution is 8.00. The van der Waals surface area contributed by atoms with Crippen LogP contribution in [0.3, 0.4) is 0 Å². The molecule has 94 valence electrons. The van der Waals surface area contributed by atoms with Gasteiger partial charge >= 0.3 is 6.01 Å². The Morgan fingerprint density at radius 1 is 1.47 bits per heavy atom. The first-order chi connectivity index (χ1) is 8.22. The van der Waals surface area contributed by atoms with Crippen LogP contribution in [0.2, 0.25) is 0 Å². The second kappa shape index (κ2) is 5.39. The maximum Gasteiger partial charge on any atom is 0.322 e. The van der Waals surface area contributed by atoms with Crippen LogP contribution in [0.15, 0.2) is 0 Å². The van der Waals surface area contributed by atoms with Crippen molar-refractivity contribution in [3.8, 4) is 6.01 Å². The lowest BCUT2D eigenvalue weighted by Gasteiger charge is -2.31. The smallest absolute Gasteiger partial charge is 0.322 e. The number of nitrogens with two attached hydrogens (primary N) is 1. The molecule has 0 radical (unpaired) electrons. The number of ether oxygens (including phenoxy) is 1. The molecule has 1 saturated heterocycles. The first-order valence-electron chi connectivity index (χ1n) is 5.65. The Balaban J connectivity index is 2.18. The summed E-state index contributed by atoms with van der Waals surface area (Å²) in [5.41, 5.74) is 5.63. The summed E-state index contributed by atoms with van der Waals surface area (Å²) in [6.45, 7) is 4.09. The molecule has 7 heteroatoms. The highest BCUT2D eigenvalue weighted by Gasteiger charge is 2.21. The maximum atomic E-state index is 5.63. The Bertz CT molecular complexity index is 389. The molecule has 1 aliphatic rings. The molecule has 0 aromatic carbocycles. The van der Waals surface area contributed by atoms with Crippen molar-refractivity contribution in [3.63, 3.8) is 0 Å². The number of hydrogen-bond donors (Lipinski definition) is 1. The Morgan fingerprint density at radius 2 is 2.29 bits per heavy atom.